The van der Waals surface area contributed by atoms with Crippen molar-refractivity contribution in [3.63, 3.8) is 0 Å². The Bertz CT molecular complexity index is 2220. The summed E-state index contributed by atoms with van der Waals surface area (Å²) in [5.74, 6) is 0.636. The molecular formula is C39H47N7O7. The number of rotatable bonds is 8. The van der Waals surface area contributed by atoms with Gasteiger partial charge in [-0.25, -0.2) is 4.79 Å². The van der Waals surface area contributed by atoms with Crippen LogP contribution in [0, 0.1) is 13.8 Å². The Kier molecular flexibility index (Phi) is 9.66. The molecule has 14 nitrogen and oxygen atoms in total. The predicted molar refractivity (Wildman–Crippen MR) is 201 cm³/mol. The summed E-state index contributed by atoms with van der Waals surface area (Å²) in [7, 11) is 6.73. The SMILES string of the molecule is COc1cc(-c2cn(C)c(=O)c(C)c2C)cc(OC)c1CN1CCN(C2CCN(c3cccc4c3n(C)c(=O)n4C3CCC(=O)NC3=O)CC2)C(=O)C1. The molecule has 3 aliphatic rings. The summed E-state index contributed by atoms with van der Waals surface area (Å²) in [6.45, 7) is 7.28. The lowest BCUT2D eigenvalue weighted by Gasteiger charge is -2.43. The molecule has 4 aromatic rings. The van der Waals surface area contributed by atoms with Gasteiger partial charge in [0.05, 0.1) is 43.0 Å². The summed E-state index contributed by atoms with van der Waals surface area (Å²) in [6, 6.07) is 9.06. The van der Waals surface area contributed by atoms with Crippen molar-refractivity contribution in [3.8, 4) is 22.6 Å². The van der Waals surface area contributed by atoms with Crippen LogP contribution in [0.1, 0.15) is 48.4 Å². The monoisotopic (exact) mass is 725 g/mol. The highest BCUT2D eigenvalue weighted by Crippen LogP contribution is 2.38. The third-order valence-corrected chi connectivity index (χ3v) is 11.4. The lowest BCUT2D eigenvalue weighted by Crippen LogP contribution is -2.56. The standard InChI is InChI=1S/C39H47N7O7/c1-23-24(2)38(50)41(3)20-27(23)25-18-32(52-5)28(33(19-25)53-6)21-43-16-17-45(35(48)22-43)26-12-14-44(15-13-26)29-8-7-9-30-36(29)42(4)39(51)46(30)31-10-11-34(47)40-37(31)49/h7-9,18-20,26,31H,10-17,21-22H2,1-6H3,(H,40,47,49). The van der Waals surface area contributed by atoms with Crippen molar-refractivity contribution in [3.05, 3.63) is 74.1 Å². The molecule has 7 rings (SSSR count). The van der Waals surface area contributed by atoms with Crippen molar-refractivity contribution in [2.24, 2.45) is 14.1 Å². The number of piperidine rings is 2. The molecule has 3 aliphatic heterocycles. The Labute approximate surface area is 307 Å². The smallest absolute Gasteiger partial charge is 0.329 e. The maximum Gasteiger partial charge on any atom is 0.329 e. The first-order valence-electron chi connectivity index (χ1n) is 18.1. The average molecular weight is 726 g/mol. The van der Waals surface area contributed by atoms with Crippen molar-refractivity contribution < 1.29 is 23.9 Å². The second-order valence-corrected chi connectivity index (χ2v) is 14.4. The number of amides is 3. The number of pyridine rings is 1. The fourth-order valence-corrected chi connectivity index (χ4v) is 8.36. The van der Waals surface area contributed by atoms with Gasteiger partial charge in [-0.2, -0.15) is 0 Å². The van der Waals surface area contributed by atoms with E-state index in [1.165, 1.54) is 4.57 Å². The Morgan fingerprint density at radius 1 is 0.868 bits per heavy atom. The second-order valence-electron chi connectivity index (χ2n) is 14.4. The number of benzene rings is 2. The van der Waals surface area contributed by atoms with Crippen LogP contribution in [-0.4, -0.2) is 94.2 Å². The van der Waals surface area contributed by atoms with E-state index in [0.29, 0.717) is 55.3 Å². The van der Waals surface area contributed by atoms with Crippen LogP contribution in [0.15, 0.2) is 46.1 Å². The number of imidazole rings is 1. The van der Waals surface area contributed by atoms with Crippen LogP contribution < -0.4 is 30.9 Å². The quantitative estimate of drug-likeness (QED) is 0.272. The van der Waals surface area contributed by atoms with E-state index in [1.54, 1.807) is 37.4 Å². The first-order chi connectivity index (χ1) is 25.4. The molecule has 1 atom stereocenters. The van der Waals surface area contributed by atoms with E-state index in [9.17, 15) is 24.0 Å². The number of hydrogen-bond acceptors (Lipinski definition) is 9. The summed E-state index contributed by atoms with van der Waals surface area (Å²) in [5.41, 5.74) is 6.29. The van der Waals surface area contributed by atoms with Gasteiger partial charge in [0, 0.05) is 76.6 Å². The van der Waals surface area contributed by atoms with Crippen LogP contribution in [0.4, 0.5) is 5.69 Å². The van der Waals surface area contributed by atoms with E-state index in [-0.39, 0.29) is 48.5 Å². The minimum Gasteiger partial charge on any atom is -0.496 e. The minimum absolute atomic E-state index is 0.0267. The average Bonchev–Trinajstić information content (AvgIpc) is 3.41. The lowest BCUT2D eigenvalue weighted by molar-refractivity contribution is -0.139. The zero-order chi connectivity index (χ0) is 37.7. The van der Waals surface area contributed by atoms with E-state index in [4.69, 9.17) is 9.47 Å². The normalized spacial score (nSPS) is 18.9. The van der Waals surface area contributed by atoms with E-state index >= 15 is 0 Å². The van der Waals surface area contributed by atoms with E-state index < -0.39 is 11.9 Å². The molecule has 2 aromatic carbocycles. The number of hydrogen-bond donors (Lipinski definition) is 1. The van der Waals surface area contributed by atoms with Gasteiger partial charge in [0.1, 0.15) is 17.5 Å². The molecule has 3 saturated heterocycles. The molecule has 5 heterocycles. The molecule has 0 radical (unpaired) electrons. The zero-order valence-corrected chi connectivity index (χ0v) is 31.2. The molecule has 280 valence electrons. The van der Waals surface area contributed by atoms with Crippen molar-refractivity contribution in [1.29, 1.82) is 0 Å². The van der Waals surface area contributed by atoms with Crippen molar-refractivity contribution in [2.45, 2.75) is 58.2 Å². The largest absolute Gasteiger partial charge is 0.496 e. The minimum atomic E-state index is -0.739. The van der Waals surface area contributed by atoms with Crippen molar-refractivity contribution >= 4 is 34.4 Å². The third kappa shape index (κ3) is 6.38. The number of aromatic nitrogens is 3. The number of para-hydroxylation sites is 1. The Morgan fingerprint density at radius 3 is 2.21 bits per heavy atom. The van der Waals surface area contributed by atoms with Gasteiger partial charge in [0.25, 0.3) is 5.56 Å². The summed E-state index contributed by atoms with van der Waals surface area (Å²) in [4.78, 5) is 70.5. The van der Waals surface area contributed by atoms with Crippen LogP contribution in [0.2, 0.25) is 0 Å². The fraction of sp³-hybridized carbons (Fsp3) is 0.462. The topological polar surface area (TPSA) is 140 Å². The molecular weight excluding hydrogens is 678 g/mol. The third-order valence-electron chi connectivity index (χ3n) is 11.4. The van der Waals surface area contributed by atoms with Gasteiger partial charge in [-0.3, -0.25) is 38.5 Å². The number of carbonyl (C=O) groups excluding carboxylic acids is 3. The van der Waals surface area contributed by atoms with Crippen molar-refractivity contribution in [2.75, 3.05) is 51.8 Å². The van der Waals surface area contributed by atoms with E-state index in [2.05, 4.69) is 15.1 Å². The van der Waals surface area contributed by atoms with E-state index in [0.717, 1.165) is 46.3 Å². The second kappa shape index (κ2) is 14.2. The van der Waals surface area contributed by atoms with Gasteiger partial charge in [-0.05, 0) is 68.5 Å². The molecule has 14 heteroatoms. The number of imide groups is 1. The van der Waals surface area contributed by atoms with Crippen LogP contribution in [0.25, 0.3) is 22.2 Å². The number of nitrogens with zero attached hydrogens (tertiary/aromatic N) is 6. The molecule has 0 spiro atoms. The highest BCUT2D eigenvalue weighted by Gasteiger charge is 2.35. The summed E-state index contributed by atoms with van der Waals surface area (Å²) < 4.78 is 16.4. The first kappa shape index (κ1) is 36.0. The first-order valence-corrected chi connectivity index (χ1v) is 18.1. The summed E-state index contributed by atoms with van der Waals surface area (Å²) >= 11 is 0. The number of aryl methyl sites for hydroxylation is 2. The number of ether oxygens (including phenoxy) is 2. The number of methoxy groups -OCH3 is 2. The lowest BCUT2D eigenvalue weighted by atomic mass is 9.97. The Hall–Kier alpha value is -5.37. The number of anilines is 1. The van der Waals surface area contributed by atoms with Gasteiger partial charge in [-0.15, -0.1) is 0 Å². The number of carbonyl (C=O) groups is 3. The highest BCUT2D eigenvalue weighted by molar-refractivity contribution is 6.00. The Morgan fingerprint density at radius 2 is 1.57 bits per heavy atom. The predicted octanol–water partition coefficient (Wildman–Crippen LogP) is 2.63. The molecule has 3 fully saturated rings. The number of piperazine rings is 1. The maximum atomic E-state index is 13.7. The molecule has 0 aliphatic carbocycles. The maximum absolute atomic E-state index is 13.7. The highest BCUT2D eigenvalue weighted by atomic mass is 16.5. The molecule has 1 unspecified atom stereocenters. The molecule has 1 N–H and O–H groups in total. The van der Waals surface area contributed by atoms with Gasteiger partial charge < -0.3 is 23.8 Å². The van der Waals surface area contributed by atoms with Crippen LogP contribution in [-0.2, 0) is 35.0 Å². The number of fused-ring (bicyclic) bond motifs is 1. The zero-order valence-electron chi connectivity index (χ0n) is 31.2. The summed E-state index contributed by atoms with van der Waals surface area (Å²) in [6.07, 6.45) is 3.89. The molecule has 53 heavy (non-hydrogen) atoms. The summed E-state index contributed by atoms with van der Waals surface area (Å²) in [5, 5.41) is 2.37. The van der Waals surface area contributed by atoms with Gasteiger partial charge in [-0.1, -0.05) is 6.07 Å². The van der Waals surface area contributed by atoms with Gasteiger partial charge >= 0.3 is 5.69 Å². The molecule has 0 saturated carbocycles. The van der Waals surface area contributed by atoms with Crippen LogP contribution >= 0.6 is 0 Å². The van der Waals surface area contributed by atoms with Gasteiger partial charge in [0.2, 0.25) is 17.7 Å². The Balaban J connectivity index is 1.03. The number of nitrogens with one attached hydrogen (secondary N) is 1. The van der Waals surface area contributed by atoms with Crippen molar-refractivity contribution in [1.82, 2.24) is 28.8 Å². The van der Waals surface area contributed by atoms with Crippen LogP contribution in [0.5, 0.6) is 11.5 Å². The van der Waals surface area contributed by atoms with E-state index in [1.807, 2.05) is 55.3 Å². The molecule has 3 amide bonds. The van der Waals surface area contributed by atoms with Gasteiger partial charge in [0.15, 0.2) is 0 Å². The van der Waals surface area contributed by atoms with Crippen LogP contribution in [0.3, 0.4) is 0 Å². The molecule has 2 aromatic heterocycles. The molecule has 0 bridgehead atoms. The fourth-order valence-electron chi connectivity index (χ4n) is 8.36.